The third-order valence-corrected chi connectivity index (χ3v) is 3.78. The van der Waals surface area contributed by atoms with Gasteiger partial charge >= 0.3 is 6.18 Å². The monoisotopic (exact) mass is 267 g/mol. The van der Waals surface area contributed by atoms with E-state index in [2.05, 4.69) is 5.32 Å². The van der Waals surface area contributed by atoms with E-state index in [0.717, 1.165) is 0 Å². The predicted molar refractivity (Wildman–Crippen MR) is 65.4 cm³/mol. The van der Waals surface area contributed by atoms with E-state index in [1.165, 1.54) is 0 Å². The molecule has 2 nitrogen and oxygen atoms in total. The lowest BCUT2D eigenvalue weighted by Gasteiger charge is -2.34. The summed E-state index contributed by atoms with van der Waals surface area (Å²) in [4.78, 5) is 0. The van der Waals surface area contributed by atoms with Crippen molar-refractivity contribution in [2.24, 2.45) is 11.8 Å². The fraction of sp³-hybridized carbons (Fsp3) is 1.00. The summed E-state index contributed by atoms with van der Waals surface area (Å²) in [5, 5.41) is 3.17. The molecule has 1 N–H and O–H groups in total. The molecule has 108 valence electrons. The van der Waals surface area contributed by atoms with E-state index in [-0.39, 0.29) is 25.0 Å². The molecule has 1 aliphatic rings. The predicted octanol–water partition coefficient (Wildman–Crippen LogP) is 3.37. The van der Waals surface area contributed by atoms with Gasteiger partial charge in [0.2, 0.25) is 0 Å². The minimum Gasteiger partial charge on any atom is -0.377 e. The van der Waals surface area contributed by atoms with Gasteiger partial charge in [0.15, 0.2) is 0 Å². The Balaban J connectivity index is 2.40. The summed E-state index contributed by atoms with van der Waals surface area (Å²) in [6.45, 7) is 4.51. The highest BCUT2D eigenvalue weighted by molar-refractivity contribution is 4.83. The molecule has 0 bridgehead atoms. The standard InChI is InChI=1S/C13H24F3NO/c1-9(2)18-8-12(17-3)10-4-6-11(7-5-10)13(14,15)16/h9-12,17H,4-8H2,1-3H3. The third-order valence-electron chi connectivity index (χ3n) is 3.78. The summed E-state index contributed by atoms with van der Waals surface area (Å²) in [6, 6.07) is 0.168. The molecule has 1 fully saturated rings. The van der Waals surface area contributed by atoms with Crippen molar-refractivity contribution in [1.82, 2.24) is 5.32 Å². The smallest absolute Gasteiger partial charge is 0.377 e. The normalized spacial score (nSPS) is 27.5. The fourth-order valence-electron chi connectivity index (χ4n) is 2.60. The van der Waals surface area contributed by atoms with Crippen molar-refractivity contribution in [3.8, 4) is 0 Å². The minimum atomic E-state index is -4.02. The van der Waals surface area contributed by atoms with Gasteiger partial charge in [-0.2, -0.15) is 13.2 Å². The van der Waals surface area contributed by atoms with Gasteiger partial charge in [-0.25, -0.2) is 0 Å². The van der Waals surface area contributed by atoms with Crippen LogP contribution < -0.4 is 5.32 Å². The first-order chi connectivity index (χ1) is 8.34. The second kappa shape index (κ2) is 6.75. The van der Waals surface area contributed by atoms with Crippen LogP contribution in [0, 0.1) is 11.8 Å². The molecule has 0 aromatic rings. The zero-order valence-corrected chi connectivity index (χ0v) is 11.4. The van der Waals surface area contributed by atoms with Gasteiger partial charge in [-0.05, 0) is 52.5 Å². The second-order valence-electron chi connectivity index (χ2n) is 5.43. The van der Waals surface area contributed by atoms with Crippen LogP contribution in [0.1, 0.15) is 39.5 Å². The first-order valence-electron chi connectivity index (χ1n) is 6.70. The molecule has 1 saturated carbocycles. The maximum atomic E-state index is 12.6. The molecule has 0 aromatic carbocycles. The van der Waals surface area contributed by atoms with Gasteiger partial charge in [0.05, 0.1) is 18.6 Å². The molecule has 0 aliphatic heterocycles. The SMILES string of the molecule is CNC(COC(C)C)C1CCC(C(F)(F)F)CC1. The summed E-state index contributed by atoms with van der Waals surface area (Å²) < 4.78 is 43.3. The summed E-state index contributed by atoms with van der Waals surface area (Å²) in [6.07, 6.45) is -2.07. The summed E-state index contributed by atoms with van der Waals surface area (Å²) >= 11 is 0. The van der Waals surface area contributed by atoms with Crippen LogP contribution in [0.15, 0.2) is 0 Å². The van der Waals surface area contributed by atoms with Crippen molar-refractivity contribution in [1.29, 1.82) is 0 Å². The highest BCUT2D eigenvalue weighted by Crippen LogP contribution is 2.40. The molecule has 0 radical (unpaired) electrons. The quantitative estimate of drug-likeness (QED) is 0.824. The third kappa shape index (κ3) is 4.76. The lowest BCUT2D eigenvalue weighted by molar-refractivity contribution is -0.184. The number of alkyl halides is 3. The topological polar surface area (TPSA) is 21.3 Å². The molecule has 1 rings (SSSR count). The average Bonchev–Trinajstić information content (AvgIpc) is 2.29. The van der Waals surface area contributed by atoms with Crippen molar-refractivity contribution in [2.75, 3.05) is 13.7 Å². The summed E-state index contributed by atoms with van der Waals surface area (Å²) in [5.41, 5.74) is 0. The largest absolute Gasteiger partial charge is 0.391 e. The van der Waals surface area contributed by atoms with Crippen molar-refractivity contribution in [2.45, 2.75) is 57.9 Å². The van der Waals surface area contributed by atoms with E-state index in [9.17, 15) is 13.2 Å². The zero-order valence-electron chi connectivity index (χ0n) is 11.4. The van der Waals surface area contributed by atoms with E-state index in [0.29, 0.717) is 25.4 Å². The van der Waals surface area contributed by atoms with Gasteiger partial charge in [-0.15, -0.1) is 0 Å². The Labute approximate surface area is 107 Å². The number of rotatable bonds is 5. The number of nitrogens with one attached hydrogen (secondary N) is 1. The van der Waals surface area contributed by atoms with Gasteiger partial charge < -0.3 is 10.1 Å². The molecule has 1 atom stereocenters. The van der Waals surface area contributed by atoms with Crippen LogP contribution >= 0.6 is 0 Å². The van der Waals surface area contributed by atoms with Crippen LogP contribution in [0.2, 0.25) is 0 Å². The highest BCUT2D eigenvalue weighted by Gasteiger charge is 2.42. The number of likely N-dealkylation sites (N-methyl/N-ethyl adjacent to an activating group) is 1. The van der Waals surface area contributed by atoms with Gasteiger partial charge in [-0.3, -0.25) is 0 Å². The Morgan fingerprint density at radius 1 is 1.17 bits per heavy atom. The van der Waals surface area contributed by atoms with E-state index >= 15 is 0 Å². The molecule has 0 heterocycles. The van der Waals surface area contributed by atoms with Gasteiger partial charge in [0, 0.05) is 6.04 Å². The molecular weight excluding hydrogens is 243 g/mol. The maximum absolute atomic E-state index is 12.6. The summed E-state index contributed by atoms with van der Waals surface area (Å²) in [5.74, 6) is -0.801. The Morgan fingerprint density at radius 3 is 2.11 bits per heavy atom. The van der Waals surface area contributed by atoms with E-state index in [4.69, 9.17) is 4.74 Å². The molecule has 18 heavy (non-hydrogen) atoms. The second-order valence-corrected chi connectivity index (χ2v) is 5.43. The number of hydrogen-bond acceptors (Lipinski definition) is 2. The van der Waals surface area contributed by atoms with Crippen LogP contribution in [0.25, 0.3) is 0 Å². The van der Waals surface area contributed by atoms with Crippen molar-refractivity contribution in [3.63, 3.8) is 0 Å². The van der Waals surface area contributed by atoms with E-state index in [1.54, 1.807) is 0 Å². The number of ether oxygens (including phenoxy) is 1. The van der Waals surface area contributed by atoms with Crippen LogP contribution in [-0.2, 0) is 4.74 Å². The number of halogens is 3. The molecule has 0 aromatic heterocycles. The zero-order chi connectivity index (χ0) is 13.8. The highest BCUT2D eigenvalue weighted by atomic mass is 19.4. The van der Waals surface area contributed by atoms with E-state index in [1.807, 2.05) is 20.9 Å². The molecule has 0 amide bonds. The maximum Gasteiger partial charge on any atom is 0.391 e. The van der Waals surface area contributed by atoms with Gasteiger partial charge in [0.1, 0.15) is 0 Å². The minimum absolute atomic E-state index is 0.160. The molecule has 0 saturated heterocycles. The summed E-state index contributed by atoms with van der Waals surface area (Å²) in [7, 11) is 1.85. The fourth-order valence-corrected chi connectivity index (χ4v) is 2.60. The van der Waals surface area contributed by atoms with Gasteiger partial charge in [0.25, 0.3) is 0 Å². The molecule has 0 spiro atoms. The van der Waals surface area contributed by atoms with Crippen LogP contribution in [0.5, 0.6) is 0 Å². The Morgan fingerprint density at radius 2 is 1.72 bits per heavy atom. The first kappa shape index (κ1) is 15.8. The van der Waals surface area contributed by atoms with Crippen LogP contribution in [0.4, 0.5) is 13.2 Å². The lowest BCUT2D eigenvalue weighted by atomic mass is 9.78. The van der Waals surface area contributed by atoms with Gasteiger partial charge in [-0.1, -0.05) is 0 Å². The Hall–Kier alpha value is -0.290. The molecular formula is C13H24F3NO. The Bertz CT molecular complexity index is 235. The van der Waals surface area contributed by atoms with Crippen molar-refractivity contribution in [3.05, 3.63) is 0 Å². The van der Waals surface area contributed by atoms with Crippen molar-refractivity contribution < 1.29 is 17.9 Å². The van der Waals surface area contributed by atoms with E-state index < -0.39 is 12.1 Å². The lowest BCUT2D eigenvalue weighted by Crippen LogP contribution is -2.41. The van der Waals surface area contributed by atoms with Crippen molar-refractivity contribution >= 4 is 0 Å². The van der Waals surface area contributed by atoms with Crippen LogP contribution in [0.3, 0.4) is 0 Å². The van der Waals surface area contributed by atoms with Crippen LogP contribution in [-0.4, -0.2) is 32.0 Å². The molecule has 5 heteroatoms. The average molecular weight is 267 g/mol. The first-order valence-corrected chi connectivity index (χ1v) is 6.70. The Kier molecular flexibility index (Phi) is 5.92. The molecule has 1 aliphatic carbocycles. The number of hydrogen-bond donors (Lipinski definition) is 1. The molecule has 1 unspecified atom stereocenters.